The molecule has 0 saturated heterocycles. The maximum Gasteiger partial charge on any atom is 0.123 e. The highest BCUT2D eigenvalue weighted by atomic mass is 35.5. The zero-order chi connectivity index (χ0) is 18.4. The van der Waals surface area contributed by atoms with Crippen LogP contribution in [-0.4, -0.2) is 26.2 Å². The highest BCUT2D eigenvalue weighted by Gasteiger charge is 2.19. The molecule has 0 heterocycles. The first-order valence-corrected chi connectivity index (χ1v) is 9.99. The smallest absolute Gasteiger partial charge is 0.123 e. The summed E-state index contributed by atoms with van der Waals surface area (Å²) >= 11 is 5.89. The second-order valence-corrected chi connectivity index (χ2v) is 7.34. The van der Waals surface area contributed by atoms with Crippen LogP contribution in [0.25, 0.3) is 11.1 Å². The van der Waals surface area contributed by atoms with Crippen molar-refractivity contribution in [2.45, 2.75) is 50.2 Å². The molecule has 0 unspecified atom stereocenters. The molecule has 2 N–H and O–H groups in total. The number of rotatable bonds is 7. The molecule has 0 spiro atoms. The Balaban J connectivity index is 0.00000261. The molecule has 148 valence electrons. The van der Waals surface area contributed by atoms with Gasteiger partial charge >= 0.3 is 0 Å². The van der Waals surface area contributed by atoms with Crippen molar-refractivity contribution in [2.75, 3.05) is 14.2 Å². The Hall–Kier alpha value is -1.26. The molecule has 0 aliphatic heterocycles. The number of hydrogen-bond donors (Lipinski definition) is 2. The normalized spacial score (nSPS) is 19.4. The lowest BCUT2D eigenvalue weighted by Crippen LogP contribution is -2.38. The third-order valence-electron chi connectivity index (χ3n) is 5.44. The van der Waals surface area contributed by atoms with Crippen LogP contribution in [0.1, 0.15) is 36.8 Å². The summed E-state index contributed by atoms with van der Waals surface area (Å²) in [7, 11) is 3.81. The first kappa shape index (κ1) is 22.0. The summed E-state index contributed by atoms with van der Waals surface area (Å²) in [5.74, 6) is 1.50. The van der Waals surface area contributed by atoms with Crippen molar-refractivity contribution >= 4 is 24.0 Å². The topological polar surface area (TPSA) is 33.3 Å². The molecule has 0 atom stereocenters. The molecule has 1 fully saturated rings. The van der Waals surface area contributed by atoms with E-state index in [-0.39, 0.29) is 12.4 Å². The van der Waals surface area contributed by atoms with Crippen LogP contribution in [0.4, 0.5) is 0 Å². The molecule has 2 aromatic carbocycles. The van der Waals surface area contributed by atoms with Gasteiger partial charge in [-0.2, -0.15) is 0 Å². The van der Waals surface area contributed by atoms with Crippen molar-refractivity contribution < 1.29 is 4.74 Å². The fraction of sp³-hybridized carbons (Fsp3) is 0.455. The van der Waals surface area contributed by atoms with Gasteiger partial charge in [-0.05, 0) is 61.6 Å². The van der Waals surface area contributed by atoms with Gasteiger partial charge in [-0.1, -0.05) is 30.3 Å². The van der Waals surface area contributed by atoms with E-state index >= 15 is 0 Å². The van der Waals surface area contributed by atoms with E-state index in [0.717, 1.165) is 17.9 Å². The third-order valence-corrected chi connectivity index (χ3v) is 5.75. The van der Waals surface area contributed by atoms with Crippen molar-refractivity contribution in [1.29, 1.82) is 0 Å². The van der Waals surface area contributed by atoms with Gasteiger partial charge in [0.15, 0.2) is 0 Å². The standard InChI is InChI=1S/C22H29ClN2O.ClH/c1-24-20-8-10-21(11-9-20)25-15-19-13-18(7-12-22(19)26-2)17-5-3-16(14-23)4-6-17;/h3-7,12-13,20-21,24-25H,8-11,14-15H2,1-2H3;1H. The first-order chi connectivity index (χ1) is 12.7. The van der Waals surface area contributed by atoms with Crippen molar-refractivity contribution in [1.82, 2.24) is 10.6 Å². The molecule has 2 aromatic rings. The maximum atomic E-state index is 5.89. The summed E-state index contributed by atoms with van der Waals surface area (Å²) in [6.45, 7) is 0.839. The van der Waals surface area contributed by atoms with E-state index in [0.29, 0.717) is 18.0 Å². The SMILES string of the molecule is CNC1CCC(NCc2cc(-c3ccc(CCl)cc3)ccc2OC)CC1.Cl. The quantitative estimate of drug-likeness (QED) is 0.621. The molecule has 1 aliphatic rings. The Morgan fingerprint density at radius 2 is 1.59 bits per heavy atom. The average molecular weight is 409 g/mol. The van der Waals surface area contributed by atoms with Gasteiger partial charge in [0.1, 0.15) is 5.75 Å². The molecule has 27 heavy (non-hydrogen) atoms. The van der Waals surface area contributed by atoms with Gasteiger partial charge in [-0.3, -0.25) is 0 Å². The molecule has 3 rings (SSSR count). The first-order valence-electron chi connectivity index (χ1n) is 9.46. The highest BCUT2D eigenvalue weighted by molar-refractivity contribution is 6.17. The summed E-state index contributed by atoms with van der Waals surface area (Å²) in [5, 5.41) is 7.12. The highest BCUT2D eigenvalue weighted by Crippen LogP contribution is 2.28. The number of halogens is 2. The Bertz CT molecular complexity index is 698. The molecule has 0 radical (unpaired) electrons. The maximum absolute atomic E-state index is 5.89. The molecule has 1 aliphatic carbocycles. The summed E-state index contributed by atoms with van der Waals surface area (Å²) < 4.78 is 5.58. The van der Waals surface area contributed by atoms with E-state index in [4.69, 9.17) is 16.3 Å². The minimum Gasteiger partial charge on any atom is -0.496 e. The molecule has 3 nitrogen and oxygen atoms in total. The Labute approximate surface area is 174 Å². The second-order valence-electron chi connectivity index (χ2n) is 7.08. The molecule has 5 heteroatoms. The molecular formula is C22H30Cl2N2O. The van der Waals surface area contributed by atoms with E-state index in [9.17, 15) is 0 Å². The fourth-order valence-corrected chi connectivity index (χ4v) is 3.90. The second kappa shape index (κ2) is 10.9. The summed E-state index contributed by atoms with van der Waals surface area (Å²) in [5.41, 5.74) is 4.77. The summed E-state index contributed by atoms with van der Waals surface area (Å²) in [4.78, 5) is 0. The van der Waals surface area contributed by atoms with E-state index < -0.39 is 0 Å². The number of hydrogen-bond acceptors (Lipinski definition) is 3. The molecule has 1 saturated carbocycles. The minimum atomic E-state index is 0. The zero-order valence-corrected chi connectivity index (χ0v) is 17.7. The van der Waals surface area contributed by atoms with Crippen LogP contribution in [0, 0.1) is 0 Å². The summed E-state index contributed by atoms with van der Waals surface area (Å²) in [6, 6.07) is 16.1. The van der Waals surface area contributed by atoms with Gasteiger partial charge in [0, 0.05) is 30.1 Å². The fourth-order valence-electron chi connectivity index (χ4n) is 3.72. The number of nitrogens with one attached hydrogen (secondary N) is 2. The number of methoxy groups -OCH3 is 1. The van der Waals surface area contributed by atoms with Gasteiger partial charge in [-0.25, -0.2) is 0 Å². The van der Waals surface area contributed by atoms with Crippen molar-refractivity contribution in [3.8, 4) is 16.9 Å². The number of alkyl halides is 1. The van der Waals surface area contributed by atoms with Gasteiger partial charge in [0.25, 0.3) is 0 Å². The lowest BCUT2D eigenvalue weighted by molar-refractivity contribution is 0.315. The van der Waals surface area contributed by atoms with Crippen molar-refractivity contribution in [2.24, 2.45) is 0 Å². The van der Waals surface area contributed by atoms with Gasteiger partial charge < -0.3 is 15.4 Å². The predicted octanol–water partition coefficient (Wildman–Crippen LogP) is 5.14. The predicted molar refractivity (Wildman–Crippen MR) is 117 cm³/mol. The average Bonchev–Trinajstić information content (AvgIpc) is 2.72. The monoisotopic (exact) mass is 408 g/mol. The molecule has 0 bridgehead atoms. The third kappa shape index (κ3) is 5.86. The van der Waals surface area contributed by atoms with Crippen LogP contribution in [-0.2, 0) is 12.4 Å². The van der Waals surface area contributed by atoms with Crippen LogP contribution in [0.5, 0.6) is 5.75 Å². The Morgan fingerprint density at radius 3 is 2.19 bits per heavy atom. The van der Waals surface area contributed by atoms with E-state index in [1.807, 2.05) is 0 Å². The Kier molecular flexibility index (Phi) is 8.91. The van der Waals surface area contributed by atoms with Crippen molar-refractivity contribution in [3.05, 3.63) is 53.6 Å². The number of ether oxygens (including phenoxy) is 1. The largest absolute Gasteiger partial charge is 0.496 e. The molecule has 0 amide bonds. The van der Waals surface area contributed by atoms with Gasteiger partial charge in [0.05, 0.1) is 7.11 Å². The number of benzene rings is 2. The van der Waals surface area contributed by atoms with Gasteiger partial charge in [0.2, 0.25) is 0 Å². The van der Waals surface area contributed by atoms with Gasteiger partial charge in [-0.15, -0.1) is 24.0 Å². The van der Waals surface area contributed by atoms with Crippen LogP contribution in [0.3, 0.4) is 0 Å². The van der Waals surface area contributed by atoms with Crippen LogP contribution in [0.2, 0.25) is 0 Å². The zero-order valence-electron chi connectivity index (χ0n) is 16.1. The van der Waals surface area contributed by atoms with Crippen molar-refractivity contribution in [3.63, 3.8) is 0 Å². The van der Waals surface area contributed by atoms with E-state index in [2.05, 4.69) is 60.1 Å². The molecule has 0 aromatic heterocycles. The summed E-state index contributed by atoms with van der Waals surface area (Å²) in [6.07, 6.45) is 4.96. The van der Waals surface area contributed by atoms with E-state index in [1.165, 1.54) is 42.4 Å². The lowest BCUT2D eigenvalue weighted by atomic mass is 9.91. The molecular weight excluding hydrogens is 379 g/mol. The van der Waals surface area contributed by atoms with Crippen LogP contribution < -0.4 is 15.4 Å². The van der Waals surface area contributed by atoms with E-state index in [1.54, 1.807) is 7.11 Å². The minimum absolute atomic E-state index is 0. The van der Waals surface area contributed by atoms with Crippen LogP contribution in [0.15, 0.2) is 42.5 Å². The lowest BCUT2D eigenvalue weighted by Gasteiger charge is -2.29. The Morgan fingerprint density at radius 1 is 0.963 bits per heavy atom. The van der Waals surface area contributed by atoms with Crippen LogP contribution >= 0.6 is 24.0 Å².